The second-order valence-electron chi connectivity index (χ2n) is 9.73. The Balaban J connectivity index is 1.69. The summed E-state index contributed by atoms with van der Waals surface area (Å²) in [5.41, 5.74) is 1.11. The number of phenols is 1. The molecule has 1 aliphatic heterocycles. The molecule has 2 aliphatic rings. The first-order valence-electron chi connectivity index (χ1n) is 12.4. The highest BCUT2D eigenvalue weighted by Gasteiger charge is 2.39. The van der Waals surface area contributed by atoms with E-state index in [9.17, 15) is 19.8 Å². The Morgan fingerprint density at radius 3 is 2.56 bits per heavy atom. The summed E-state index contributed by atoms with van der Waals surface area (Å²) < 4.78 is 0. The number of rotatable bonds is 9. The summed E-state index contributed by atoms with van der Waals surface area (Å²) in [5, 5.41) is 24.2. The molecule has 2 unspecified atom stereocenters. The van der Waals surface area contributed by atoms with Gasteiger partial charge in [-0.1, -0.05) is 45.6 Å². The number of ketones is 1. The largest absolute Gasteiger partial charge is 0.508 e. The van der Waals surface area contributed by atoms with Gasteiger partial charge in [-0.2, -0.15) is 0 Å². The quantitative estimate of drug-likeness (QED) is 0.541. The van der Waals surface area contributed by atoms with Gasteiger partial charge in [-0.05, 0) is 56.6 Å². The summed E-state index contributed by atoms with van der Waals surface area (Å²) in [7, 11) is 0. The fraction of sp³-hybridized carbons (Fsp3) is 0.692. The molecule has 0 aromatic heterocycles. The maximum absolute atomic E-state index is 13.0. The van der Waals surface area contributed by atoms with Crippen molar-refractivity contribution in [1.29, 1.82) is 0 Å². The van der Waals surface area contributed by atoms with Crippen molar-refractivity contribution in [3.05, 3.63) is 29.3 Å². The number of nitrogens with zero attached hydrogens (tertiary/aromatic N) is 1. The van der Waals surface area contributed by atoms with Crippen molar-refractivity contribution in [2.75, 3.05) is 13.1 Å². The summed E-state index contributed by atoms with van der Waals surface area (Å²) in [4.78, 5) is 27.6. The molecule has 178 valence electrons. The molecule has 0 spiro atoms. The molecule has 3 rings (SSSR count). The minimum atomic E-state index is -0.766. The fourth-order valence-electron chi connectivity index (χ4n) is 5.71. The number of benzene rings is 1. The van der Waals surface area contributed by atoms with E-state index >= 15 is 0 Å². The molecule has 3 N–H and O–H groups in total. The van der Waals surface area contributed by atoms with Gasteiger partial charge >= 0.3 is 0 Å². The molecule has 0 radical (unpaired) electrons. The third kappa shape index (κ3) is 5.70. The predicted molar refractivity (Wildman–Crippen MR) is 126 cm³/mol. The summed E-state index contributed by atoms with van der Waals surface area (Å²) in [6.07, 6.45) is 7.06. The van der Waals surface area contributed by atoms with Crippen LogP contribution in [0.25, 0.3) is 0 Å². The van der Waals surface area contributed by atoms with E-state index in [1.165, 1.54) is 25.7 Å². The number of carbonyl (C=O) groups excluding carboxylic acids is 2. The van der Waals surface area contributed by atoms with Crippen LogP contribution in [0.15, 0.2) is 18.2 Å². The Labute approximate surface area is 192 Å². The lowest BCUT2D eigenvalue weighted by Gasteiger charge is -2.46. The van der Waals surface area contributed by atoms with Crippen LogP contribution >= 0.6 is 0 Å². The first-order valence-corrected chi connectivity index (χ1v) is 12.4. The average molecular weight is 445 g/mol. The standard InChI is InChI=1S/C26H40N2O4/c1-4-9-20-21(12-8-13-24(20)30)26(32)27-22(5-2)25(31)16-28-15-19-11-7-6-10-18(19)14-23(28)17(3)29/h8,12-13,18-19,22-23,25,30-31H,4-7,9-11,14-16H2,1-3H3,(H,27,32)/t18-,19+,22?,23-,25?/m0/s1. The van der Waals surface area contributed by atoms with Crippen LogP contribution in [0.4, 0.5) is 0 Å². The SMILES string of the molecule is CCCc1c(O)cccc1C(=O)NC(CC)C(O)CN1C[C@H]2CCCC[C@H]2C[C@H]1C(C)=O. The van der Waals surface area contributed by atoms with Crippen LogP contribution in [0, 0.1) is 11.8 Å². The minimum Gasteiger partial charge on any atom is -0.508 e. The van der Waals surface area contributed by atoms with Gasteiger partial charge in [0, 0.05) is 24.2 Å². The van der Waals surface area contributed by atoms with Crippen molar-refractivity contribution in [3.8, 4) is 5.75 Å². The molecule has 1 aromatic rings. The maximum atomic E-state index is 13.0. The molecular formula is C26H40N2O4. The number of phenolic OH excluding ortho intramolecular Hbond substituents is 1. The van der Waals surface area contributed by atoms with E-state index in [0.717, 1.165) is 19.4 Å². The number of Topliss-reactive ketones (excluding diaryl/α,β-unsaturated/α-hetero) is 1. The molecule has 6 nitrogen and oxygen atoms in total. The second kappa shape index (κ2) is 11.3. The van der Waals surface area contributed by atoms with Gasteiger partial charge in [0.05, 0.1) is 18.2 Å². The molecule has 1 aliphatic carbocycles. The lowest BCUT2D eigenvalue weighted by molar-refractivity contribution is -0.126. The average Bonchev–Trinajstić information content (AvgIpc) is 2.78. The highest BCUT2D eigenvalue weighted by Crippen LogP contribution is 2.38. The van der Waals surface area contributed by atoms with Crippen molar-refractivity contribution >= 4 is 11.7 Å². The van der Waals surface area contributed by atoms with E-state index in [0.29, 0.717) is 42.3 Å². The number of aromatic hydroxyl groups is 1. The van der Waals surface area contributed by atoms with Gasteiger partial charge in [0.15, 0.2) is 0 Å². The van der Waals surface area contributed by atoms with E-state index < -0.39 is 12.1 Å². The van der Waals surface area contributed by atoms with Gasteiger partial charge in [0.25, 0.3) is 5.91 Å². The van der Waals surface area contributed by atoms with Crippen molar-refractivity contribution in [3.63, 3.8) is 0 Å². The molecule has 1 aromatic carbocycles. The molecule has 1 heterocycles. The van der Waals surface area contributed by atoms with E-state index in [2.05, 4.69) is 10.2 Å². The van der Waals surface area contributed by atoms with E-state index in [1.54, 1.807) is 25.1 Å². The first kappa shape index (κ1) is 24.7. The van der Waals surface area contributed by atoms with Gasteiger partial charge in [0.2, 0.25) is 0 Å². The number of nitrogens with one attached hydrogen (secondary N) is 1. The van der Waals surface area contributed by atoms with Gasteiger partial charge < -0.3 is 15.5 Å². The highest BCUT2D eigenvalue weighted by molar-refractivity contribution is 5.96. The lowest BCUT2D eigenvalue weighted by atomic mass is 9.72. The third-order valence-corrected chi connectivity index (χ3v) is 7.51. The minimum absolute atomic E-state index is 0.132. The monoisotopic (exact) mass is 444 g/mol. The normalized spacial score (nSPS) is 25.6. The summed E-state index contributed by atoms with van der Waals surface area (Å²) in [6.45, 7) is 6.84. The number of hydrogen-bond donors (Lipinski definition) is 3. The number of likely N-dealkylation sites (tertiary alicyclic amines) is 1. The number of β-amino-alcohol motifs (C(OH)–C–C–N with tert-alkyl or cyclic N) is 1. The summed E-state index contributed by atoms with van der Waals surface area (Å²) in [6, 6.07) is 4.44. The molecule has 1 amide bonds. The van der Waals surface area contributed by atoms with Crippen molar-refractivity contribution in [2.45, 2.75) is 90.3 Å². The van der Waals surface area contributed by atoms with Crippen LogP contribution in [0.3, 0.4) is 0 Å². The third-order valence-electron chi connectivity index (χ3n) is 7.51. The zero-order valence-electron chi connectivity index (χ0n) is 19.8. The molecule has 1 saturated carbocycles. The van der Waals surface area contributed by atoms with E-state index in [4.69, 9.17) is 0 Å². The van der Waals surface area contributed by atoms with Crippen LogP contribution in [0.1, 0.15) is 81.6 Å². The Morgan fingerprint density at radius 2 is 1.91 bits per heavy atom. The second-order valence-corrected chi connectivity index (χ2v) is 9.73. The number of carbonyl (C=O) groups is 2. The fourth-order valence-corrected chi connectivity index (χ4v) is 5.71. The molecule has 6 heteroatoms. The Kier molecular flexibility index (Phi) is 8.72. The number of aliphatic hydroxyl groups is 1. The molecule has 0 bridgehead atoms. The van der Waals surface area contributed by atoms with Crippen molar-refractivity contribution < 1.29 is 19.8 Å². The van der Waals surface area contributed by atoms with Crippen molar-refractivity contribution in [1.82, 2.24) is 10.2 Å². The maximum Gasteiger partial charge on any atom is 0.252 e. The molecule has 5 atom stereocenters. The van der Waals surface area contributed by atoms with E-state index in [1.807, 2.05) is 13.8 Å². The molecule has 2 fully saturated rings. The summed E-state index contributed by atoms with van der Waals surface area (Å²) >= 11 is 0. The molecular weight excluding hydrogens is 404 g/mol. The van der Waals surface area contributed by atoms with Crippen LogP contribution < -0.4 is 5.32 Å². The van der Waals surface area contributed by atoms with Crippen LogP contribution in [0.5, 0.6) is 5.75 Å². The Morgan fingerprint density at radius 1 is 1.19 bits per heavy atom. The summed E-state index contributed by atoms with van der Waals surface area (Å²) in [5.74, 6) is 1.25. The smallest absolute Gasteiger partial charge is 0.252 e. The Bertz CT molecular complexity index is 796. The zero-order valence-corrected chi connectivity index (χ0v) is 19.8. The van der Waals surface area contributed by atoms with Crippen LogP contribution in [0.2, 0.25) is 0 Å². The van der Waals surface area contributed by atoms with Gasteiger partial charge in [0.1, 0.15) is 11.5 Å². The topological polar surface area (TPSA) is 89.9 Å². The zero-order chi connectivity index (χ0) is 23.3. The number of fused-ring (bicyclic) bond motifs is 1. The first-order chi connectivity index (χ1) is 15.3. The molecule has 1 saturated heterocycles. The number of hydrogen-bond acceptors (Lipinski definition) is 5. The van der Waals surface area contributed by atoms with E-state index in [-0.39, 0.29) is 23.5 Å². The number of aliphatic hydroxyl groups excluding tert-OH is 1. The van der Waals surface area contributed by atoms with Gasteiger partial charge in [-0.25, -0.2) is 0 Å². The Hall–Kier alpha value is -1.92. The van der Waals surface area contributed by atoms with Crippen LogP contribution in [-0.2, 0) is 11.2 Å². The number of piperidine rings is 1. The van der Waals surface area contributed by atoms with Crippen LogP contribution in [-0.4, -0.2) is 58.1 Å². The van der Waals surface area contributed by atoms with Gasteiger partial charge in [-0.3, -0.25) is 14.5 Å². The highest BCUT2D eigenvalue weighted by atomic mass is 16.3. The number of amides is 1. The predicted octanol–water partition coefficient (Wildman–Crippen LogP) is 3.68. The van der Waals surface area contributed by atoms with Crippen molar-refractivity contribution in [2.24, 2.45) is 11.8 Å². The van der Waals surface area contributed by atoms with Gasteiger partial charge in [-0.15, -0.1) is 0 Å². The lowest BCUT2D eigenvalue weighted by Crippen LogP contribution is -2.56. The molecule has 32 heavy (non-hydrogen) atoms.